The molecule has 1 saturated carbocycles. The van der Waals surface area contributed by atoms with E-state index >= 15 is 0 Å². The largest absolute Gasteiger partial charge is 0.334 e. The second kappa shape index (κ2) is 3.49. The van der Waals surface area contributed by atoms with Crippen molar-refractivity contribution in [1.29, 1.82) is 5.26 Å². The lowest BCUT2D eigenvalue weighted by Gasteiger charge is -2.15. The van der Waals surface area contributed by atoms with Crippen molar-refractivity contribution < 1.29 is 0 Å². The summed E-state index contributed by atoms with van der Waals surface area (Å²) in [6.45, 7) is 4.13. The Kier molecular flexibility index (Phi) is 2.33. The zero-order chi connectivity index (χ0) is 10.1. The first kappa shape index (κ1) is 9.33. The average molecular weight is 188 g/mol. The van der Waals surface area contributed by atoms with E-state index in [4.69, 9.17) is 5.26 Å². The lowest BCUT2D eigenvalue weighted by Crippen LogP contribution is -2.08. The fraction of sp³-hybridized carbons (Fsp3) is 0.583. The van der Waals surface area contributed by atoms with E-state index in [-0.39, 0.29) is 0 Å². The minimum atomic E-state index is 0.582. The Hall–Kier alpha value is -1.23. The molecule has 0 atom stereocenters. The third-order valence-electron chi connectivity index (χ3n) is 3.22. The third kappa shape index (κ3) is 1.33. The van der Waals surface area contributed by atoms with E-state index in [9.17, 15) is 0 Å². The first-order valence-corrected chi connectivity index (χ1v) is 5.32. The molecule has 0 unspecified atom stereocenters. The molecule has 2 rings (SSSR count). The van der Waals surface area contributed by atoms with Crippen LogP contribution in [0.3, 0.4) is 0 Å². The number of hydrogen-bond acceptors (Lipinski definition) is 1. The van der Waals surface area contributed by atoms with Crippen molar-refractivity contribution in [1.82, 2.24) is 4.57 Å². The van der Waals surface area contributed by atoms with Gasteiger partial charge in [-0.25, -0.2) is 0 Å². The molecule has 1 aliphatic rings. The van der Waals surface area contributed by atoms with Crippen LogP contribution >= 0.6 is 0 Å². The highest BCUT2D eigenvalue weighted by molar-refractivity contribution is 5.36. The molecule has 0 aliphatic heterocycles. The smallest absolute Gasteiger partial charge is 0.123 e. The summed E-state index contributed by atoms with van der Waals surface area (Å²) in [7, 11) is 0. The maximum absolute atomic E-state index is 9.10. The summed E-state index contributed by atoms with van der Waals surface area (Å²) in [4.78, 5) is 0. The van der Waals surface area contributed by atoms with Crippen LogP contribution in [0.15, 0.2) is 6.07 Å². The number of nitrogens with zero attached hydrogens (tertiary/aromatic N) is 2. The minimum Gasteiger partial charge on any atom is -0.334 e. The number of hydrogen-bond donors (Lipinski definition) is 0. The van der Waals surface area contributed by atoms with Gasteiger partial charge in [0, 0.05) is 11.7 Å². The van der Waals surface area contributed by atoms with Crippen LogP contribution in [0.25, 0.3) is 0 Å². The Morgan fingerprint density at radius 2 is 2.00 bits per heavy atom. The summed E-state index contributed by atoms with van der Waals surface area (Å²) in [5.74, 6) is 0. The van der Waals surface area contributed by atoms with Crippen LogP contribution in [0, 0.1) is 25.2 Å². The summed E-state index contributed by atoms with van der Waals surface area (Å²) in [6.07, 6.45) is 5.10. The maximum atomic E-state index is 9.10. The third-order valence-corrected chi connectivity index (χ3v) is 3.22. The predicted octanol–water partition coefficient (Wildman–Crippen LogP) is 3.09. The van der Waals surface area contributed by atoms with Gasteiger partial charge in [0.25, 0.3) is 0 Å². The van der Waals surface area contributed by atoms with E-state index in [0.717, 1.165) is 11.3 Å². The van der Waals surface area contributed by atoms with E-state index in [1.807, 2.05) is 6.92 Å². The van der Waals surface area contributed by atoms with Gasteiger partial charge >= 0.3 is 0 Å². The van der Waals surface area contributed by atoms with Crippen molar-refractivity contribution in [3.63, 3.8) is 0 Å². The Morgan fingerprint density at radius 1 is 1.36 bits per heavy atom. The van der Waals surface area contributed by atoms with Crippen LogP contribution in [0.2, 0.25) is 0 Å². The van der Waals surface area contributed by atoms with E-state index in [0.29, 0.717) is 6.04 Å². The van der Waals surface area contributed by atoms with Gasteiger partial charge < -0.3 is 4.57 Å². The van der Waals surface area contributed by atoms with Crippen LogP contribution in [0.4, 0.5) is 0 Å². The highest BCUT2D eigenvalue weighted by atomic mass is 15.0. The van der Waals surface area contributed by atoms with Gasteiger partial charge in [0.15, 0.2) is 0 Å². The lowest BCUT2D eigenvalue weighted by atomic mass is 10.2. The van der Waals surface area contributed by atoms with Crippen LogP contribution in [0.5, 0.6) is 0 Å². The molecule has 0 bridgehead atoms. The Morgan fingerprint density at radius 3 is 2.57 bits per heavy atom. The molecular formula is C12H16N2. The minimum absolute atomic E-state index is 0.582. The van der Waals surface area contributed by atoms with Gasteiger partial charge in [-0.15, -0.1) is 0 Å². The molecule has 14 heavy (non-hydrogen) atoms. The lowest BCUT2D eigenvalue weighted by molar-refractivity contribution is 0.505. The summed E-state index contributed by atoms with van der Waals surface area (Å²) in [5.41, 5.74) is 3.23. The number of aryl methyl sites for hydroxylation is 2. The highest BCUT2D eigenvalue weighted by Crippen LogP contribution is 2.33. The van der Waals surface area contributed by atoms with Gasteiger partial charge in [-0.3, -0.25) is 0 Å². The van der Waals surface area contributed by atoms with E-state index in [1.165, 1.54) is 31.4 Å². The molecule has 1 aromatic heterocycles. The molecule has 2 heteroatoms. The fourth-order valence-electron chi connectivity index (χ4n) is 2.59. The molecule has 1 aromatic rings. The molecular weight excluding hydrogens is 172 g/mol. The van der Waals surface area contributed by atoms with Crippen molar-refractivity contribution in [3.8, 4) is 6.07 Å². The maximum Gasteiger partial charge on any atom is 0.123 e. The van der Waals surface area contributed by atoms with Crippen molar-refractivity contribution >= 4 is 0 Å². The van der Waals surface area contributed by atoms with Gasteiger partial charge in [0.1, 0.15) is 11.8 Å². The predicted molar refractivity (Wildman–Crippen MR) is 56.1 cm³/mol. The Balaban J connectivity index is 2.45. The standard InChI is InChI=1S/C12H16N2/c1-9-7-10(2)14(12(9)8-13)11-5-3-4-6-11/h7,11H,3-6H2,1-2H3. The molecule has 74 valence electrons. The van der Waals surface area contributed by atoms with E-state index < -0.39 is 0 Å². The molecule has 1 aliphatic carbocycles. The Labute approximate surface area is 85.2 Å². The molecule has 2 nitrogen and oxygen atoms in total. The number of aromatic nitrogens is 1. The summed E-state index contributed by atoms with van der Waals surface area (Å²) in [6, 6.07) is 5.03. The molecule has 1 heterocycles. The first-order valence-electron chi connectivity index (χ1n) is 5.32. The topological polar surface area (TPSA) is 28.7 Å². The molecule has 0 N–H and O–H groups in total. The molecule has 0 amide bonds. The van der Waals surface area contributed by atoms with E-state index in [2.05, 4.69) is 23.6 Å². The SMILES string of the molecule is Cc1cc(C)n(C2CCCC2)c1C#N. The normalized spacial score (nSPS) is 17.2. The molecule has 0 spiro atoms. The fourth-order valence-corrected chi connectivity index (χ4v) is 2.59. The molecule has 0 radical (unpaired) electrons. The average Bonchev–Trinajstić information content (AvgIpc) is 2.72. The first-order chi connectivity index (χ1) is 6.74. The van der Waals surface area contributed by atoms with Crippen molar-refractivity contribution in [2.24, 2.45) is 0 Å². The van der Waals surface area contributed by atoms with Crippen LogP contribution < -0.4 is 0 Å². The van der Waals surface area contributed by atoms with Gasteiger partial charge in [-0.05, 0) is 38.3 Å². The number of nitriles is 1. The molecule has 1 fully saturated rings. The van der Waals surface area contributed by atoms with Crippen molar-refractivity contribution in [2.45, 2.75) is 45.6 Å². The zero-order valence-electron chi connectivity index (χ0n) is 8.88. The van der Waals surface area contributed by atoms with Gasteiger partial charge in [-0.1, -0.05) is 12.8 Å². The summed E-state index contributed by atoms with van der Waals surface area (Å²) >= 11 is 0. The second-order valence-electron chi connectivity index (χ2n) is 4.24. The van der Waals surface area contributed by atoms with Gasteiger partial charge in [-0.2, -0.15) is 5.26 Å². The molecule has 0 aromatic carbocycles. The summed E-state index contributed by atoms with van der Waals surface area (Å²) < 4.78 is 2.24. The highest BCUT2D eigenvalue weighted by Gasteiger charge is 2.21. The zero-order valence-corrected chi connectivity index (χ0v) is 8.88. The van der Waals surface area contributed by atoms with Crippen LogP contribution in [0.1, 0.15) is 48.7 Å². The van der Waals surface area contributed by atoms with Crippen molar-refractivity contribution in [3.05, 3.63) is 23.0 Å². The van der Waals surface area contributed by atoms with Gasteiger partial charge in [0.2, 0.25) is 0 Å². The second-order valence-corrected chi connectivity index (χ2v) is 4.24. The van der Waals surface area contributed by atoms with E-state index in [1.54, 1.807) is 0 Å². The molecule has 0 saturated heterocycles. The quantitative estimate of drug-likeness (QED) is 0.665. The monoisotopic (exact) mass is 188 g/mol. The Bertz CT molecular complexity index is 376. The van der Waals surface area contributed by atoms with Gasteiger partial charge in [0.05, 0.1) is 0 Å². The van der Waals surface area contributed by atoms with Crippen molar-refractivity contribution in [2.75, 3.05) is 0 Å². The number of rotatable bonds is 1. The van der Waals surface area contributed by atoms with Crippen LogP contribution in [-0.4, -0.2) is 4.57 Å². The van der Waals surface area contributed by atoms with Crippen LogP contribution in [-0.2, 0) is 0 Å². The summed E-state index contributed by atoms with van der Waals surface area (Å²) in [5, 5.41) is 9.10.